The molecule has 0 radical (unpaired) electrons. The first kappa shape index (κ1) is 18.5. The van der Waals surface area contributed by atoms with Gasteiger partial charge in [-0.25, -0.2) is 0 Å². The van der Waals surface area contributed by atoms with Crippen molar-refractivity contribution in [3.05, 3.63) is 30.1 Å². The maximum atomic E-state index is 4.52. The summed E-state index contributed by atoms with van der Waals surface area (Å²) in [7, 11) is 12.1. The monoisotopic (exact) mass is 309 g/mol. The minimum Gasteiger partial charge on any atom is -0.302 e. The Morgan fingerprint density at radius 1 is 1.16 bits per heavy atom. The van der Waals surface area contributed by atoms with Crippen LogP contribution in [-0.2, 0) is 22.2 Å². The molecule has 1 aromatic rings. The van der Waals surface area contributed by atoms with Crippen molar-refractivity contribution in [1.82, 2.24) is 25.4 Å². The molecule has 0 spiro atoms. The fraction of sp³-hybridized carbons (Fsp3) is 0.615. The fourth-order valence-electron chi connectivity index (χ4n) is 2.53. The number of hydrogen-bond donors (Lipinski definition) is 2. The first-order valence-corrected chi connectivity index (χ1v) is 6.12. The van der Waals surface area contributed by atoms with Gasteiger partial charge in [0.05, 0.1) is 11.9 Å². The van der Waals surface area contributed by atoms with Crippen LogP contribution in [0.1, 0.15) is 5.69 Å². The molecule has 0 saturated heterocycles. The van der Waals surface area contributed by atoms with Crippen LogP contribution in [0.4, 0.5) is 0 Å². The van der Waals surface area contributed by atoms with Crippen molar-refractivity contribution >= 4 is 0 Å². The largest absolute Gasteiger partial charge is 0.302 e. The number of likely N-dealkylation sites (N-methyl/N-ethyl adjacent to an activating group) is 4. The summed E-state index contributed by atoms with van der Waals surface area (Å²) in [6.45, 7) is 0. The van der Waals surface area contributed by atoms with Crippen molar-refractivity contribution in [1.29, 1.82) is 0 Å². The molecule has 112 valence electrons. The predicted octanol–water partition coefficient (Wildman–Crippen LogP) is 0.120. The molecule has 19 heavy (non-hydrogen) atoms. The van der Waals surface area contributed by atoms with Gasteiger partial charge in [-0.15, -0.1) is 0 Å². The first-order chi connectivity index (χ1) is 8.50. The van der Waals surface area contributed by atoms with E-state index in [1.54, 1.807) is 0 Å². The van der Waals surface area contributed by atoms with Crippen molar-refractivity contribution in [3.8, 4) is 0 Å². The number of pyridine rings is 1. The Kier molecular flexibility index (Phi) is 7.71. The van der Waals surface area contributed by atoms with Gasteiger partial charge in [-0.05, 0) is 54.4 Å². The van der Waals surface area contributed by atoms with Crippen LogP contribution >= 0.6 is 0 Å². The average Bonchev–Trinajstić information content (AvgIpc) is 2.35. The molecule has 0 amide bonds. The molecule has 0 saturated carbocycles. The van der Waals surface area contributed by atoms with Gasteiger partial charge in [0.2, 0.25) is 0 Å². The molecule has 6 heteroatoms. The molecule has 0 aliphatic heterocycles. The van der Waals surface area contributed by atoms with Gasteiger partial charge in [-0.2, -0.15) is 0 Å². The molecule has 5 nitrogen and oxygen atoms in total. The third-order valence-corrected chi connectivity index (χ3v) is 3.33. The number of nitrogens with zero attached hydrogens (tertiary/aromatic N) is 3. The van der Waals surface area contributed by atoms with Crippen molar-refractivity contribution in [2.24, 2.45) is 0 Å². The first-order valence-electron chi connectivity index (χ1n) is 6.12. The summed E-state index contributed by atoms with van der Waals surface area (Å²) in [5.41, 5.74) is 0.602. The molecule has 0 fully saturated rings. The molecule has 0 bridgehead atoms. The van der Waals surface area contributed by atoms with Crippen LogP contribution in [0.15, 0.2) is 24.4 Å². The van der Waals surface area contributed by atoms with E-state index in [0.717, 1.165) is 5.69 Å². The predicted molar refractivity (Wildman–Crippen MR) is 75.2 cm³/mol. The van der Waals surface area contributed by atoms with Gasteiger partial charge in [0.15, 0.2) is 0 Å². The molecule has 2 N–H and O–H groups in total. The van der Waals surface area contributed by atoms with Gasteiger partial charge in [-0.1, -0.05) is 6.07 Å². The van der Waals surface area contributed by atoms with E-state index >= 15 is 0 Å². The molecule has 0 aliphatic carbocycles. The van der Waals surface area contributed by atoms with E-state index in [2.05, 4.69) is 53.6 Å². The Morgan fingerprint density at radius 2 is 1.79 bits per heavy atom. The summed E-state index contributed by atoms with van der Waals surface area (Å²) >= 11 is 0. The van der Waals surface area contributed by atoms with Gasteiger partial charge in [0, 0.05) is 22.7 Å². The minimum absolute atomic E-state index is 0. The zero-order valence-electron chi connectivity index (χ0n) is 12.5. The number of rotatable bonds is 6. The Bertz CT molecular complexity index is 357. The summed E-state index contributed by atoms with van der Waals surface area (Å²) in [5, 5.41) is 6.78. The topological polar surface area (TPSA) is 43.4 Å². The third kappa shape index (κ3) is 3.52. The SMILES string of the molecule is CNC(N(C)C)C(NC)(c1ccccn1)N(C)C.[Ni]. The van der Waals surface area contributed by atoms with E-state index in [0.29, 0.717) is 0 Å². The molecular weight excluding hydrogens is 285 g/mol. The molecule has 0 aliphatic rings. The summed E-state index contributed by atoms with van der Waals surface area (Å²) in [6, 6.07) is 5.99. The second-order valence-electron chi connectivity index (χ2n) is 4.78. The summed E-state index contributed by atoms with van der Waals surface area (Å²) in [4.78, 5) is 8.82. The number of nitrogens with one attached hydrogen (secondary N) is 2. The Hall–Kier alpha value is -0.516. The molecule has 1 rings (SSSR count). The van der Waals surface area contributed by atoms with Crippen LogP contribution in [0.5, 0.6) is 0 Å². The van der Waals surface area contributed by atoms with Gasteiger partial charge in [0.1, 0.15) is 5.66 Å². The van der Waals surface area contributed by atoms with Crippen LogP contribution in [0.2, 0.25) is 0 Å². The summed E-state index contributed by atoms with van der Waals surface area (Å²) in [5.74, 6) is 0. The van der Waals surface area contributed by atoms with E-state index < -0.39 is 0 Å². The zero-order valence-corrected chi connectivity index (χ0v) is 13.5. The molecule has 0 aromatic carbocycles. The normalized spacial score (nSPS) is 16.0. The van der Waals surface area contributed by atoms with Crippen molar-refractivity contribution in [2.45, 2.75) is 11.8 Å². The van der Waals surface area contributed by atoms with Gasteiger partial charge >= 0.3 is 0 Å². The Balaban J connectivity index is 0.00000324. The molecule has 1 heterocycles. The number of hydrogen-bond acceptors (Lipinski definition) is 5. The van der Waals surface area contributed by atoms with Gasteiger partial charge in [-0.3, -0.25) is 20.1 Å². The van der Waals surface area contributed by atoms with Crippen LogP contribution < -0.4 is 10.6 Å². The second kappa shape index (κ2) is 7.92. The van der Waals surface area contributed by atoms with E-state index in [-0.39, 0.29) is 28.3 Å². The zero-order chi connectivity index (χ0) is 13.8. The van der Waals surface area contributed by atoms with E-state index in [9.17, 15) is 0 Å². The second-order valence-corrected chi connectivity index (χ2v) is 4.78. The fourth-order valence-corrected chi connectivity index (χ4v) is 2.53. The summed E-state index contributed by atoms with van der Waals surface area (Å²) < 4.78 is 0. The standard InChI is InChI=1S/C13H25N5.Ni/c1-14-12(17(3)4)13(15-2,18(5)6)11-9-7-8-10-16-11;/h7-10,12,14-15H,1-6H3;. The molecule has 2 atom stereocenters. The van der Waals surface area contributed by atoms with Gasteiger partial charge < -0.3 is 5.32 Å². The van der Waals surface area contributed by atoms with E-state index in [1.807, 2.05) is 38.5 Å². The van der Waals surface area contributed by atoms with Crippen molar-refractivity contribution < 1.29 is 16.5 Å². The van der Waals surface area contributed by atoms with E-state index in [1.165, 1.54) is 0 Å². The molecular formula is C13H25N5Ni. The van der Waals surface area contributed by atoms with Crippen LogP contribution in [0.3, 0.4) is 0 Å². The quantitative estimate of drug-likeness (QED) is 0.577. The van der Waals surface area contributed by atoms with Crippen molar-refractivity contribution in [3.63, 3.8) is 0 Å². The molecule has 2 unspecified atom stereocenters. The molecule has 1 aromatic heterocycles. The Morgan fingerprint density at radius 3 is 2.11 bits per heavy atom. The summed E-state index contributed by atoms with van der Waals surface area (Å²) in [6.07, 6.45) is 1.92. The van der Waals surface area contributed by atoms with Crippen molar-refractivity contribution in [2.75, 3.05) is 42.3 Å². The van der Waals surface area contributed by atoms with Crippen LogP contribution in [0.25, 0.3) is 0 Å². The van der Waals surface area contributed by atoms with Gasteiger partial charge in [0.25, 0.3) is 0 Å². The van der Waals surface area contributed by atoms with Crippen LogP contribution in [0, 0.1) is 0 Å². The van der Waals surface area contributed by atoms with E-state index in [4.69, 9.17) is 0 Å². The number of aromatic nitrogens is 1. The third-order valence-electron chi connectivity index (χ3n) is 3.33. The average molecular weight is 310 g/mol. The smallest absolute Gasteiger partial charge is 0.144 e. The maximum absolute atomic E-state index is 4.52. The maximum Gasteiger partial charge on any atom is 0.144 e. The minimum atomic E-state index is -0.389. The Labute approximate surface area is 126 Å². The van der Waals surface area contributed by atoms with Crippen LogP contribution in [-0.4, -0.2) is 63.2 Å².